The number of benzene rings is 4. The summed E-state index contributed by atoms with van der Waals surface area (Å²) in [6, 6.07) is 33.8. The van der Waals surface area contributed by atoms with Gasteiger partial charge in [-0.2, -0.15) is 0 Å². The molecule has 4 rings (SSSR count). The Kier molecular flexibility index (Phi) is 8.72. The van der Waals surface area contributed by atoms with E-state index in [0.717, 1.165) is 28.5 Å². The Labute approximate surface area is 206 Å². The Bertz CT molecular complexity index is 1150. The molecule has 0 unspecified atom stereocenters. The zero-order valence-electron chi connectivity index (χ0n) is 19.5. The lowest BCUT2D eigenvalue weighted by Gasteiger charge is -2.18. The summed E-state index contributed by atoms with van der Waals surface area (Å²) in [7, 11) is 0. The van der Waals surface area contributed by atoms with E-state index < -0.39 is 0 Å². The first-order valence-corrected chi connectivity index (χ1v) is 11.6. The van der Waals surface area contributed by atoms with Crippen LogP contribution in [-0.4, -0.2) is 6.29 Å². The Morgan fingerprint density at radius 1 is 0.571 bits per heavy atom. The Balaban J connectivity index is 1.66. The molecule has 0 N–H and O–H groups in total. The van der Waals surface area contributed by atoms with Gasteiger partial charge < -0.3 is 19.0 Å². The van der Waals surface area contributed by atoms with Crippen molar-refractivity contribution in [2.45, 2.75) is 26.2 Å². The van der Waals surface area contributed by atoms with Crippen molar-refractivity contribution in [2.75, 3.05) is 0 Å². The van der Waals surface area contributed by atoms with E-state index in [2.05, 4.69) is 0 Å². The van der Waals surface area contributed by atoms with Crippen LogP contribution in [0.2, 0.25) is 0 Å². The van der Waals surface area contributed by atoms with Crippen LogP contribution >= 0.6 is 0 Å². The summed E-state index contributed by atoms with van der Waals surface area (Å²) in [4.78, 5) is 10.8. The number of rotatable bonds is 12. The summed E-state index contributed by atoms with van der Waals surface area (Å²) in [6.07, 6.45) is 4.91. The molecule has 4 heteroatoms. The summed E-state index contributed by atoms with van der Waals surface area (Å²) >= 11 is 0. The molecule has 176 valence electrons. The van der Waals surface area contributed by atoms with Gasteiger partial charge in [0.15, 0.2) is 11.5 Å². The van der Waals surface area contributed by atoms with Gasteiger partial charge in [-0.25, -0.2) is 0 Å². The lowest BCUT2D eigenvalue weighted by atomic mass is 10.1. The molecule has 4 nitrogen and oxygen atoms in total. The maximum Gasteiger partial charge on any atom is 0.203 e. The third-order valence-electron chi connectivity index (χ3n) is 5.29. The summed E-state index contributed by atoms with van der Waals surface area (Å²) in [5.41, 5.74) is 4.01. The van der Waals surface area contributed by atoms with E-state index in [1.165, 1.54) is 0 Å². The Morgan fingerprint density at radius 3 is 1.43 bits per heavy atom. The van der Waals surface area contributed by atoms with Crippen LogP contribution in [0.15, 0.2) is 109 Å². The normalized spacial score (nSPS) is 10.7. The highest BCUT2D eigenvalue weighted by atomic mass is 16.5. The molecule has 0 aromatic heterocycles. The third kappa shape index (κ3) is 7.34. The summed E-state index contributed by atoms with van der Waals surface area (Å²) < 4.78 is 18.8. The molecule has 0 saturated carbocycles. The predicted molar refractivity (Wildman–Crippen MR) is 138 cm³/mol. The van der Waals surface area contributed by atoms with Crippen LogP contribution < -0.4 is 14.2 Å². The van der Waals surface area contributed by atoms with E-state index in [1.54, 1.807) is 0 Å². The smallest absolute Gasteiger partial charge is 0.203 e. The SMILES string of the molecule is O=CCC=Cc1cc(OCc2ccccc2)c(OCc2ccccc2)c(OCc2ccccc2)c1. The molecule has 0 atom stereocenters. The van der Waals surface area contributed by atoms with E-state index in [4.69, 9.17) is 14.2 Å². The van der Waals surface area contributed by atoms with Crippen molar-refractivity contribution in [3.8, 4) is 17.2 Å². The first-order chi connectivity index (χ1) is 17.3. The second-order valence-electron chi connectivity index (χ2n) is 7.97. The number of hydrogen-bond donors (Lipinski definition) is 0. The summed E-state index contributed by atoms with van der Waals surface area (Å²) in [5.74, 6) is 1.72. The van der Waals surface area contributed by atoms with Crippen LogP contribution in [0.3, 0.4) is 0 Å². The van der Waals surface area contributed by atoms with Crippen molar-refractivity contribution in [1.82, 2.24) is 0 Å². The molecular weight excluding hydrogens is 436 g/mol. The van der Waals surface area contributed by atoms with Gasteiger partial charge in [0, 0.05) is 6.42 Å². The van der Waals surface area contributed by atoms with Crippen molar-refractivity contribution >= 4 is 12.4 Å². The first-order valence-electron chi connectivity index (χ1n) is 11.6. The standard InChI is InChI=1S/C31H28O4/c32-19-11-10-18-28-20-29(33-22-25-12-4-1-5-13-25)31(35-24-27-16-8-3-9-17-27)30(21-28)34-23-26-14-6-2-7-15-26/h1-10,12-21H,11,22-24H2. The van der Waals surface area contributed by atoms with E-state index in [9.17, 15) is 4.79 Å². The average Bonchev–Trinajstić information content (AvgIpc) is 2.92. The van der Waals surface area contributed by atoms with Gasteiger partial charge >= 0.3 is 0 Å². The minimum absolute atomic E-state index is 0.340. The van der Waals surface area contributed by atoms with Crippen molar-refractivity contribution in [3.05, 3.63) is 131 Å². The molecule has 0 saturated heterocycles. The van der Waals surface area contributed by atoms with Gasteiger partial charge in [0.05, 0.1) is 0 Å². The fourth-order valence-electron chi connectivity index (χ4n) is 3.51. The van der Waals surface area contributed by atoms with Crippen molar-refractivity contribution < 1.29 is 19.0 Å². The van der Waals surface area contributed by atoms with Crippen LogP contribution in [0.1, 0.15) is 28.7 Å². The van der Waals surface area contributed by atoms with Crippen molar-refractivity contribution in [3.63, 3.8) is 0 Å². The third-order valence-corrected chi connectivity index (χ3v) is 5.29. The van der Waals surface area contributed by atoms with Crippen LogP contribution in [0.4, 0.5) is 0 Å². The molecule has 0 heterocycles. The summed E-state index contributed by atoms with van der Waals surface area (Å²) in [6.45, 7) is 1.16. The number of hydrogen-bond acceptors (Lipinski definition) is 4. The minimum Gasteiger partial charge on any atom is -0.485 e. The van der Waals surface area contributed by atoms with Gasteiger partial charge in [-0.05, 0) is 34.4 Å². The molecular formula is C31H28O4. The highest BCUT2D eigenvalue weighted by Gasteiger charge is 2.16. The lowest BCUT2D eigenvalue weighted by Crippen LogP contribution is -2.04. The predicted octanol–water partition coefficient (Wildman–Crippen LogP) is 7.03. The summed E-state index contributed by atoms with van der Waals surface area (Å²) in [5, 5.41) is 0. The van der Waals surface area contributed by atoms with Crippen LogP contribution in [0.25, 0.3) is 6.08 Å². The Hall–Kier alpha value is -4.31. The highest BCUT2D eigenvalue weighted by Crippen LogP contribution is 2.40. The molecule has 0 spiro atoms. The maximum absolute atomic E-state index is 10.8. The molecule has 35 heavy (non-hydrogen) atoms. The van der Waals surface area contributed by atoms with Gasteiger partial charge in [-0.15, -0.1) is 0 Å². The molecule has 4 aromatic carbocycles. The second-order valence-corrected chi connectivity index (χ2v) is 7.97. The van der Waals surface area contributed by atoms with E-state index in [-0.39, 0.29) is 0 Å². The Morgan fingerprint density at radius 2 is 1.00 bits per heavy atom. The molecule has 0 radical (unpaired) electrons. The van der Waals surface area contributed by atoms with Gasteiger partial charge in [0.25, 0.3) is 0 Å². The number of allylic oxidation sites excluding steroid dienone is 1. The monoisotopic (exact) mass is 464 g/mol. The van der Waals surface area contributed by atoms with Crippen LogP contribution in [0.5, 0.6) is 17.2 Å². The van der Waals surface area contributed by atoms with Crippen molar-refractivity contribution in [2.24, 2.45) is 0 Å². The lowest BCUT2D eigenvalue weighted by molar-refractivity contribution is -0.107. The van der Waals surface area contributed by atoms with E-state index in [0.29, 0.717) is 43.5 Å². The number of ether oxygens (including phenoxy) is 3. The molecule has 4 aromatic rings. The van der Waals surface area contributed by atoms with E-state index in [1.807, 2.05) is 115 Å². The number of carbonyl (C=O) groups excluding carboxylic acids is 1. The molecule has 0 aliphatic rings. The highest BCUT2D eigenvalue weighted by molar-refractivity contribution is 5.64. The molecule has 0 amide bonds. The second kappa shape index (κ2) is 12.8. The van der Waals surface area contributed by atoms with Gasteiger partial charge in [0.2, 0.25) is 5.75 Å². The quantitative estimate of drug-likeness (QED) is 0.211. The van der Waals surface area contributed by atoms with Crippen LogP contribution in [0, 0.1) is 0 Å². The zero-order valence-corrected chi connectivity index (χ0v) is 19.5. The average molecular weight is 465 g/mol. The van der Waals surface area contributed by atoms with Gasteiger partial charge in [-0.1, -0.05) is 103 Å². The fraction of sp³-hybridized carbons (Fsp3) is 0.129. The van der Waals surface area contributed by atoms with Gasteiger partial charge in [-0.3, -0.25) is 0 Å². The molecule has 0 bridgehead atoms. The van der Waals surface area contributed by atoms with E-state index >= 15 is 0 Å². The van der Waals surface area contributed by atoms with Crippen LogP contribution in [-0.2, 0) is 24.6 Å². The fourth-order valence-corrected chi connectivity index (χ4v) is 3.51. The largest absolute Gasteiger partial charge is 0.485 e. The molecule has 0 aliphatic carbocycles. The van der Waals surface area contributed by atoms with Crippen molar-refractivity contribution in [1.29, 1.82) is 0 Å². The zero-order chi connectivity index (χ0) is 24.1. The molecule has 0 fully saturated rings. The minimum atomic E-state index is 0.340. The number of aldehydes is 1. The molecule has 0 aliphatic heterocycles. The van der Waals surface area contributed by atoms with Gasteiger partial charge in [0.1, 0.15) is 26.1 Å². The topological polar surface area (TPSA) is 44.8 Å². The first kappa shape index (κ1) is 23.8. The maximum atomic E-state index is 10.8. The number of carbonyl (C=O) groups is 1.